The molecule has 0 saturated carbocycles. The van der Waals surface area contributed by atoms with Crippen LogP contribution in [0.25, 0.3) is 0 Å². The Labute approximate surface area is 186 Å². The number of anilines is 1. The van der Waals surface area contributed by atoms with E-state index in [2.05, 4.69) is 10.6 Å². The molecule has 0 aliphatic carbocycles. The molecule has 0 unspecified atom stereocenters. The van der Waals surface area contributed by atoms with Crippen molar-refractivity contribution in [2.24, 2.45) is 0 Å². The summed E-state index contributed by atoms with van der Waals surface area (Å²) < 4.78 is 10.4. The molecule has 32 heavy (non-hydrogen) atoms. The van der Waals surface area contributed by atoms with Gasteiger partial charge in [0.2, 0.25) is 11.8 Å². The molecule has 1 aromatic heterocycles. The minimum atomic E-state index is -0.457. The van der Waals surface area contributed by atoms with Gasteiger partial charge in [-0.2, -0.15) is 0 Å². The number of benzene rings is 2. The van der Waals surface area contributed by atoms with Gasteiger partial charge in [0, 0.05) is 11.3 Å². The zero-order valence-electron chi connectivity index (χ0n) is 18.0. The largest absolute Gasteiger partial charge is 0.497 e. The van der Waals surface area contributed by atoms with Crippen LogP contribution in [0.5, 0.6) is 5.75 Å². The van der Waals surface area contributed by atoms with Crippen LogP contribution in [0.1, 0.15) is 21.7 Å². The lowest BCUT2D eigenvalue weighted by Gasteiger charge is -2.21. The molecule has 0 radical (unpaired) electrons. The van der Waals surface area contributed by atoms with Gasteiger partial charge in [0.25, 0.3) is 5.91 Å². The SMILES string of the molecule is COc1ccc(NC(=O)CNC(=O)CN(Cc2ccco2)C(=O)c2ccc(C)cc2)cc1. The molecule has 8 nitrogen and oxygen atoms in total. The molecule has 2 N–H and O–H groups in total. The Bertz CT molecular complexity index is 1040. The van der Waals surface area contributed by atoms with Gasteiger partial charge in [-0.1, -0.05) is 17.7 Å². The highest BCUT2D eigenvalue weighted by atomic mass is 16.5. The number of amides is 3. The number of hydrogen-bond donors (Lipinski definition) is 2. The summed E-state index contributed by atoms with van der Waals surface area (Å²) in [7, 11) is 1.56. The molecule has 0 aliphatic rings. The molecule has 0 spiro atoms. The smallest absolute Gasteiger partial charge is 0.254 e. The van der Waals surface area contributed by atoms with E-state index in [1.54, 1.807) is 55.6 Å². The quantitative estimate of drug-likeness (QED) is 0.538. The van der Waals surface area contributed by atoms with Crippen molar-refractivity contribution in [3.63, 3.8) is 0 Å². The summed E-state index contributed by atoms with van der Waals surface area (Å²) in [6, 6.07) is 17.4. The summed E-state index contributed by atoms with van der Waals surface area (Å²) >= 11 is 0. The molecule has 2 aromatic carbocycles. The van der Waals surface area contributed by atoms with Crippen LogP contribution in [0.15, 0.2) is 71.3 Å². The van der Waals surface area contributed by atoms with Gasteiger partial charge in [0.1, 0.15) is 18.1 Å². The van der Waals surface area contributed by atoms with Gasteiger partial charge in [0.15, 0.2) is 0 Å². The van der Waals surface area contributed by atoms with Crippen molar-refractivity contribution in [1.82, 2.24) is 10.2 Å². The van der Waals surface area contributed by atoms with E-state index in [1.165, 1.54) is 11.2 Å². The summed E-state index contributed by atoms with van der Waals surface area (Å²) in [6.07, 6.45) is 1.51. The highest BCUT2D eigenvalue weighted by molar-refractivity contribution is 5.98. The van der Waals surface area contributed by atoms with E-state index in [0.29, 0.717) is 22.8 Å². The topological polar surface area (TPSA) is 101 Å². The summed E-state index contributed by atoms with van der Waals surface area (Å²) in [4.78, 5) is 39.0. The van der Waals surface area contributed by atoms with Gasteiger partial charge in [0.05, 0.1) is 26.5 Å². The Morgan fingerprint density at radius 3 is 2.31 bits per heavy atom. The normalized spacial score (nSPS) is 10.3. The number of ether oxygens (including phenoxy) is 1. The van der Waals surface area contributed by atoms with Gasteiger partial charge >= 0.3 is 0 Å². The van der Waals surface area contributed by atoms with Crippen LogP contribution in [-0.2, 0) is 16.1 Å². The summed E-state index contributed by atoms with van der Waals surface area (Å²) in [5.41, 5.74) is 2.07. The second kappa shape index (κ2) is 10.8. The zero-order valence-corrected chi connectivity index (χ0v) is 18.0. The molecule has 0 aliphatic heterocycles. The lowest BCUT2D eigenvalue weighted by Crippen LogP contribution is -2.42. The second-order valence-electron chi connectivity index (χ2n) is 7.16. The van der Waals surface area contributed by atoms with E-state index in [0.717, 1.165) is 5.56 Å². The Kier molecular flexibility index (Phi) is 7.64. The third-order valence-electron chi connectivity index (χ3n) is 4.67. The first kappa shape index (κ1) is 22.6. The monoisotopic (exact) mass is 435 g/mol. The molecule has 0 fully saturated rings. The third kappa shape index (κ3) is 6.46. The number of rotatable bonds is 9. The molecule has 1 heterocycles. The molecule has 8 heteroatoms. The van der Waals surface area contributed by atoms with Crippen molar-refractivity contribution in [3.05, 3.63) is 83.8 Å². The van der Waals surface area contributed by atoms with Crippen molar-refractivity contribution < 1.29 is 23.5 Å². The third-order valence-corrected chi connectivity index (χ3v) is 4.67. The minimum absolute atomic E-state index is 0.130. The first-order chi connectivity index (χ1) is 15.4. The Morgan fingerprint density at radius 1 is 0.969 bits per heavy atom. The molecule has 3 aromatic rings. The number of nitrogens with one attached hydrogen (secondary N) is 2. The van der Waals surface area contributed by atoms with Crippen LogP contribution in [0.4, 0.5) is 5.69 Å². The summed E-state index contributed by atoms with van der Waals surface area (Å²) in [6.45, 7) is 1.62. The van der Waals surface area contributed by atoms with Crippen molar-refractivity contribution in [2.75, 3.05) is 25.5 Å². The molecular formula is C24H25N3O5. The first-order valence-electron chi connectivity index (χ1n) is 10.0. The molecule has 0 saturated heterocycles. The maximum Gasteiger partial charge on any atom is 0.254 e. The van der Waals surface area contributed by atoms with Crippen LogP contribution in [0.2, 0.25) is 0 Å². The van der Waals surface area contributed by atoms with E-state index >= 15 is 0 Å². The number of methoxy groups -OCH3 is 1. The molecule has 3 rings (SSSR count). The van der Waals surface area contributed by atoms with Crippen molar-refractivity contribution in [2.45, 2.75) is 13.5 Å². The van der Waals surface area contributed by atoms with E-state index < -0.39 is 5.91 Å². The predicted octanol–water partition coefficient (Wildman–Crippen LogP) is 2.99. The Balaban J connectivity index is 1.58. The number of nitrogens with zero attached hydrogens (tertiary/aromatic N) is 1. The van der Waals surface area contributed by atoms with E-state index in [4.69, 9.17) is 9.15 Å². The van der Waals surface area contributed by atoms with E-state index in [1.807, 2.05) is 19.1 Å². The van der Waals surface area contributed by atoms with E-state index in [9.17, 15) is 14.4 Å². The number of aryl methyl sites for hydroxylation is 1. The van der Waals surface area contributed by atoms with Crippen molar-refractivity contribution >= 4 is 23.4 Å². The zero-order chi connectivity index (χ0) is 22.9. The van der Waals surface area contributed by atoms with Crippen LogP contribution in [0, 0.1) is 6.92 Å². The number of carbonyl (C=O) groups is 3. The Hall–Kier alpha value is -4.07. The molecule has 166 valence electrons. The number of carbonyl (C=O) groups excluding carboxylic acids is 3. The molecule has 3 amide bonds. The highest BCUT2D eigenvalue weighted by Crippen LogP contribution is 2.15. The average Bonchev–Trinajstić information content (AvgIpc) is 3.31. The minimum Gasteiger partial charge on any atom is -0.497 e. The molecule has 0 atom stereocenters. The maximum absolute atomic E-state index is 13.0. The fraction of sp³-hybridized carbons (Fsp3) is 0.208. The maximum atomic E-state index is 13.0. The average molecular weight is 435 g/mol. The standard InChI is InChI=1S/C24H25N3O5/c1-17-5-7-18(8-6-17)24(30)27(15-21-4-3-13-32-21)16-23(29)25-14-22(28)26-19-9-11-20(31-2)12-10-19/h3-13H,14-16H2,1-2H3,(H,25,29)(H,26,28). The van der Waals surface area contributed by atoms with Crippen LogP contribution >= 0.6 is 0 Å². The fourth-order valence-electron chi connectivity index (χ4n) is 2.96. The lowest BCUT2D eigenvalue weighted by molar-refractivity contribution is -0.124. The lowest BCUT2D eigenvalue weighted by atomic mass is 10.1. The molecular weight excluding hydrogens is 410 g/mol. The van der Waals surface area contributed by atoms with Crippen molar-refractivity contribution in [1.29, 1.82) is 0 Å². The fourth-order valence-corrected chi connectivity index (χ4v) is 2.96. The van der Waals surface area contributed by atoms with Gasteiger partial charge in [-0.15, -0.1) is 0 Å². The predicted molar refractivity (Wildman–Crippen MR) is 119 cm³/mol. The highest BCUT2D eigenvalue weighted by Gasteiger charge is 2.20. The van der Waals surface area contributed by atoms with Gasteiger partial charge in [-0.25, -0.2) is 0 Å². The first-order valence-corrected chi connectivity index (χ1v) is 10.0. The number of hydrogen-bond acceptors (Lipinski definition) is 5. The van der Waals surface area contributed by atoms with Crippen LogP contribution < -0.4 is 15.4 Å². The van der Waals surface area contributed by atoms with E-state index in [-0.39, 0.29) is 31.4 Å². The summed E-state index contributed by atoms with van der Waals surface area (Å²) in [5, 5.41) is 5.24. The van der Waals surface area contributed by atoms with Crippen LogP contribution in [-0.4, -0.2) is 42.8 Å². The Morgan fingerprint density at radius 2 is 1.69 bits per heavy atom. The van der Waals surface area contributed by atoms with Gasteiger partial charge in [-0.05, 0) is 55.5 Å². The number of furan rings is 1. The van der Waals surface area contributed by atoms with Gasteiger partial charge in [-0.3, -0.25) is 14.4 Å². The second-order valence-corrected chi connectivity index (χ2v) is 7.16. The molecule has 0 bridgehead atoms. The van der Waals surface area contributed by atoms with Crippen LogP contribution in [0.3, 0.4) is 0 Å². The van der Waals surface area contributed by atoms with Gasteiger partial charge < -0.3 is 24.7 Å². The summed E-state index contributed by atoms with van der Waals surface area (Å²) in [5.74, 6) is 0.0776. The van der Waals surface area contributed by atoms with Crippen molar-refractivity contribution in [3.8, 4) is 5.75 Å².